The summed E-state index contributed by atoms with van der Waals surface area (Å²) in [7, 11) is 0. The predicted octanol–water partition coefficient (Wildman–Crippen LogP) is 3.65. The van der Waals surface area contributed by atoms with Gasteiger partial charge in [0.2, 0.25) is 5.95 Å². The molecule has 0 saturated carbocycles. The Balaban J connectivity index is 1.96. The van der Waals surface area contributed by atoms with Crippen LogP contribution in [0.3, 0.4) is 0 Å². The number of fused-ring (bicyclic) bond motifs is 1. The van der Waals surface area contributed by atoms with Crippen molar-refractivity contribution in [1.29, 1.82) is 0 Å². The Morgan fingerprint density at radius 2 is 1.63 bits per heavy atom. The molecular formula is C14H9F2N3. The van der Waals surface area contributed by atoms with Gasteiger partial charge in [-0.25, -0.2) is 0 Å². The molecule has 3 aromatic rings. The second-order valence-corrected chi connectivity index (χ2v) is 4.03. The number of nitrogens with one attached hydrogen (secondary N) is 1. The van der Waals surface area contributed by atoms with E-state index in [2.05, 4.69) is 15.3 Å². The van der Waals surface area contributed by atoms with Crippen LogP contribution >= 0.6 is 0 Å². The zero-order valence-corrected chi connectivity index (χ0v) is 9.77. The third-order valence-electron chi connectivity index (χ3n) is 2.69. The van der Waals surface area contributed by atoms with E-state index >= 15 is 0 Å². The summed E-state index contributed by atoms with van der Waals surface area (Å²) < 4.78 is 25.8. The fourth-order valence-corrected chi connectivity index (χ4v) is 1.87. The Morgan fingerprint density at radius 3 is 2.42 bits per heavy atom. The largest absolute Gasteiger partial charge is 0.340 e. The molecule has 2 aromatic carbocycles. The predicted molar refractivity (Wildman–Crippen MR) is 69.2 cm³/mol. The maximum atomic E-state index is 13.0. The van der Waals surface area contributed by atoms with Gasteiger partial charge in [0, 0.05) is 11.8 Å². The fourth-order valence-electron chi connectivity index (χ4n) is 1.87. The van der Waals surface area contributed by atoms with Crippen LogP contribution in [0, 0.1) is 12.0 Å². The second kappa shape index (κ2) is 4.61. The molecule has 0 aliphatic heterocycles. The minimum absolute atomic E-state index is 0.0836. The highest BCUT2D eigenvalue weighted by molar-refractivity contribution is 5.86. The number of anilines is 2. The van der Waals surface area contributed by atoms with Crippen LogP contribution < -0.4 is 5.32 Å². The Labute approximate surface area is 107 Å². The van der Waals surface area contributed by atoms with E-state index in [9.17, 15) is 8.78 Å². The standard InChI is InChI=1S/C14H9F2N3/c15-12-8-13(19-14(16)18-12)17-11-6-5-9-3-1-2-4-10(9)7-11/h1-8H,(H,17,18,19). The monoisotopic (exact) mass is 257 g/mol. The van der Waals surface area contributed by atoms with Gasteiger partial charge in [-0.1, -0.05) is 30.3 Å². The second-order valence-electron chi connectivity index (χ2n) is 4.03. The summed E-state index contributed by atoms with van der Waals surface area (Å²) in [6, 6.07) is 14.5. The number of aromatic nitrogens is 2. The van der Waals surface area contributed by atoms with Crippen LogP contribution in [0.15, 0.2) is 48.5 Å². The van der Waals surface area contributed by atoms with Gasteiger partial charge in [-0.05, 0) is 22.9 Å². The normalized spacial score (nSPS) is 10.6. The van der Waals surface area contributed by atoms with Crippen LogP contribution in [-0.2, 0) is 0 Å². The summed E-state index contributed by atoms with van der Waals surface area (Å²) in [6.07, 6.45) is -1.09. The van der Waals surface area contributed by atoms with Crippen LogP contribution in [0.25, 0.3) is 10.8 Å². The molecule has 0 unspecified atom stereocenters. The van der Waals surface area contributed by atoms with Crippen LogP contribution in [0.4, 0.5) is 20.3 Å². The van der Waals surface area contributed by atoms with Crippen LogP contribution in [0.1, 0.15) is 0 Å². The van der Waals surface area contributed by atoms with Crippen LogP contribution in [-0.4, -0.2) is 9.97 Å². The third kappa shape index (κ3) is 2.49. The van der Waals surface area contributed by atoms with Crippen molar-refractivity contribution in [3.8, 4) is 0 Å². The first-order chi connectivity index (χ1) is 9.20. The Hall–Kier alpha value is -2.56. The summed E-state index contributed by atoms with van der Waals surface area (Å²) in [4.78, 5) is 6.42. The van der Waals surface area contributed by atoms with Gasteiger partial charge in [-0.2, -0.15) is 18.7 Å². The summed E-state index contributed by atoms with van der Waals surface area (Å²) in [5, 5.41) is 4.97. The maximum absolute atomic E-state index is 13.0. The SMILES string of the molecule is Fc1cc(Nc2ccc3ccccc3c2)nc(F)n1. The number of hydrogen-bond donors (Lipinski definition) is 1. The molecular weight excluding hydrogens is 248 g/mol. The number of halogens is 2. The van der Waals surface area contributed by atoms with Gasteiger partial charge >= 0.3 is 6.08 Å². The van der Waals surface area contributed by atoms with E-state index in [1.165, 1.54) is 0 Å². The van der Waals surface area contributed by atoms with Gasteiger partial charge in [-0.15, -0.1) is 0 Å². The van der Waals surface area contributed by atoms with E-state index in [4.69, 9.17) is 0 Å². The van der Waals surface area contributed by atoms with Crippen molar-refractivity contribution in [3.05, 3.63) is 60.6 Å². The molecule has 0 bridgehead atoms. The zero-order chi connectivity index (χ0) is 13.2. The smallest absolute Gasteiger partial charge is 0.313 e. The van der Waals surface area contributed by atoms with E-state index in [0.29, 0.717) is 5.69 Å². The van der Waals surface area contributed by atoms with E-state index < -0.39 is 12.0 Å². The summed E-state index contributed by atoms with van der Waals surface area (Å²) in [5.41, 5.74) is 0.705. The molecule has 3 rings (SSSR count). The number of nitrogens with zero attached hydrogens (tertiary/aromatic N) is 2. The topological polar surface area (TPSA) is 37.8 Å². The molecule has 1 N–H and O–H groups in total. The molecule has 3 nitrogen and oxygen atoms in total. The first-order valence-electron chi connectivity index (χ1n) is 5.67. The van der Waals surface area contributed by atoms with Gasteiger partial charge in [-0.3, -0.25) is 0 Å². The van der Waals surface area contributed by atoms with Crippen molar-refractivity contribution < 1.29 is 8.78 Å². The maximum Gasteiger partial charge on any atom is 0.313 e. The van der Waals surface area contributed by atoms with Crippen molar-refractivity contribution in [2.45, 2.75) is 0 Å². The van der Waals surface area contributed by atoms with Gasteiger partial charge < -0.3 is 5.32 Å². The summed E-state index contributed by atoms with van der Waals surface area (Å²) in [6.45, 7) is 0. The Kier molecular flexibility index (Phi) is 2.79. The van der Waals surface area contributed by atoms with Gasteiger partial charge in [0.25, 0.3) is 0 Å². The van der Waals surface area contributed by atoms with Crippen molar-refractivity contribution >= 4 is 22.3 Å². The molecule has 1 heterocycles. The fraction of sp³-hybridized carbons (Fsp3) is 0. The lowest BCUT2D eigenvalue weighted by molar-refractivity contribution is 0.485. The molecule has 0 aliphatic rings. The van der Waals surface area contributed by atoms with Crippen molar-refractivity contribution in [1.82, 2.24) is 9.97 Å². The number of hydrogen-bond acceptors (Lipinski definition) is 3. The third-order valence-corrected chi connectivity index (χ3v) is 2.69. The molecule has 0 radical (unpaired) electrons. The van der Waals surface area contributed by atoms with E-state index in [0.717, 1.165) is 16.8 Å². The lowest BCUT2D eigenvalue weighted by Gasteiger charge is -2.06. The summed E-state index contributed by atoms with van der Waals surface area (Å²) in [5.74, 6) is -0.823. The van der Waals surface area contributed by atoms with E-state index in [1.54, 1.807) is 0 Å². The van der Waals surface area contributed by atoms with Gasteiger partial charge in [0.15, 0.2) is 0 Å². The molecule has 0 spiro atoms. The minimum Gasteiger partial charge on any atom is -0.340 e. The molecule has 0 fully saturated rings. The molecule has 0 saturated heterocycles. The summed E-state index contributed by atoms with van der Waals surface area (Å²) >= 11 is 0. The molecule has 94 valence electrons. The first kappa shape index (κ1) is 11.5. The Bertz CT molecular complexity index is 723. The lowest BCUT2D eigenvalue weighted by Crippen LogP contribution is -1.99. The molecule has 0 atom stereocenters. The van der Waals surface area contributed by atoms with Crippen LogP contribution in [0.2, 0.25) is 0 Å². The highest BCUT2D eigenvalue weighted by Crippen LogP contribution is 2.21. The number of rotatable bonds is 2. The average Bonchev–Trinajstić information content (AvgIpc) is 2.37. The van der Waals surface area contributed by atoms with Gasteiger partial charge in [0.1, 0.15) is 5.82 Å². The molecule has 19 heavy (non-hydrogen) atoms. The highest BCUT2D eigenvalue weighted by atomic mass is 19.1. The molecule has 0 amide bonds. The van der Waals surface area contributed by atoms with Crippen molar-refractivity contribution in [2.24, 2.45) is 0 Å². The molecule has 5 heteroatoms. The Morgan fingerprint density at radius 1 is 0.842 bits per heavy atom. The van der Waals surface area contributed by atoms with Crippen molar-refractivity contribution in [3.63, 3.8) is 0 Å². The lowest BCUT2D eigenvalue weighted by atomic mass is 10.1. The zero-order valence-electron chi connectivity index (χ0n) is 9.77. The minimum atomic E-state index is -1.09. The quantitative estimate of drug-likeness (QED) is 0.562. The molecule has 1 aromatic heterocycles. The number of benzene rings is 2. The van der Waals surface area contributed by atoms with Crippen molar-refractivity contribution in [2.75, 3.05) is 5.32 Å². The van der Waals surface area contributed by atoms with Gasteiger partial charge in [0.05, 0.1) is 0 Å². The molecule has 0 aliphatic carbocycles. The highest BCUT2D eigenvalue weighted by Gasteiger charge is 2.04. The average molecular weight is 257 g/mol. The van der Waals surface area contributed by atoms with Crippen LogP contribution in [0.5, 0.6) is 0 Å². The first-order valence-corrected chi connectivity index (χ1v) is 5.67. The van der Waals surface area contributed by atoms with E-state index in [1.807, 2.05) is 42.5 Å². The van der Waals surface area contributed by atoms with E-state index in [-0.39, 0.29) is 5.82 Å².